The first-order valence-corrected chi connectivity index (χ1v) is 7.28. The molecular weight excluding hydrogens is 244 g/mol. The molecular formula is C16H23F2N. The molecule has 0 saturated heterocycles. The highest BCUT2D eigenvalue weighted by molar-refractivity contribution is 5.20. The molecule has 0 heterocycles. The average Bonchev–Trinajstić information content (AvgIpc) is 2.42. The number of hydrogen-bond acceptors (Lipinski definition) is 1. The van der Waals surface area contributed by atoms with E-state index >= 15 is 0 Å². The summed E-state index contributed by atoms with van der Waals surface area (Å²) in [4.78, 5) is 0. The van der Waals surface area contributed by atoms with E-state index in [9.17, 15) is 8.78 Å². The van der Waals surface area contributed by atoms with Crippen LogP contribution >= 0.6 is 0 Å². The van der Waals surface area contributed by atoms with Crippen LogP contribution in [0.15, 0.2) is 30.3 Å². The fourth-order valence-corrected chi connectivity index (χ4v) is 2.91. The van der Waals surface area contributed by atoms with E-state index in [1.54, 1.807) is 0 Å². The van der Waals surface area contributed by atoms with Gasteiger partial charge in [-0.2, -0.15) is 0 Å². The molecule has 1 atom stereocenters. The van der Waals surface area contributed by atoms with Gasteiger partial charge in [-0.25, -0.2) is 8.78 Å². The van der Waals surface area contributed by atoms with Crippen LogP contribution in [0.5, 0.6) is 0 Å². The predicted octanol–water partition coefficient (Wildman–Crippen LogP) is 4.55. The number of benzene rings is 1. The van der Waals surface area contributed by atoms with E-state index in [0.29, 0.717) is 18.8 Å². The van der Waals surface area contributed by atoms with Crippen molar-refractivity contribution < 1.29 is 8.78 Å². The summed E-state index contributed by atoms with van der Waals surface area (Å²) >= 11 is 0. The Morgan fingerprint density at radius 1 is 1.21 bits per heavy atom. The van der Waals surface area contributed by atoms with Crippen LogP contribution in [-0.4, -0.2) is 12.5 Å². The first kappa shape index (κ1) is 14.4. The quantitative estimate of drug-likeness (QED) is 0.825. The summed E-state index contributed by atoms with van der Waals surface area (Å²) in [6, 6.07) is 10.5. The molecule has 1 N–H and O–H groups in total. The zero-order valence-corrected chi connectivity index (χ0v) is 11.5. The van der Waals surface area contributed by atoms with E-state index in [2.05, 4.69) is 24.4 Å². The van der Waals surface area contributed by atoms with E-state index in [1.165, 1.54) is 5.56 Å². The second kappa shape index (κ2) is 6.47. The van der Waals surface area contributed by atoms with E-state index in [1.807, 2.05) is 18.2 Å². The van der Waals surface area contributed by atoms with Crippen LogP contribution in [0.1, 0.15) is 50.6 Å². The second-order valence-corrected chi connectivity index (χ2v) is 5.54. The van der Waals surface area contributed by atoms with Crippen molar-refractivity contribution in [3.05, 3.63) is 35.9 Å². The summed E-state index contributed by atoms with van der Waals surface area (Å²) < 4.78 is 26.6. The Morgan fingerprint density at radius 2 is 1.84 bits per heavy atom. The molecule has 0 amide bonds. The average molecular weight is 267 g/mol. The van der Waals surface area contributed by atoms with Crippen molar-refractivity contribution in [2.45, 2.75) is 51.0 Å². The molecule has 1 aliphatic carbocycles. The van der Waals surface area contributed by atoms with Crippen LogP contribution in [0.2, 0.25) is 0 Å². The third-order valence-corrected chi connectivity index (χ3v) is 4.01. The van der Waals surface area contributed by atoms with Gasteiger partial charge in [-0.3, -0.25) is 0 Å². The van der Waals surface area contributed by atoms with Crippen LogP contribution in [0.25, 0.3) is 0 Å². The van der Waals surface area contributed by atoms with Gasteiger partial charge in [0.1, 0.15) is 0 Å². The van der Waals surface area contributed by atoms with Crippen molar-refractivity contribution in [3.63, 3.8) is 0 Å². The first-order chi connectivity index (χ1) is 9.12. The summed E-state index contributed by atoms with van der Waals surface area (Å²) in [5, 5.41) is 3.54. The zero-order chi connectivity index (χ0) is 13.7. The topological polar surface area (TPSA) is 12.0 Å². The van der Waals surface area contributed by atoms with Crippen molar-refractivity contribution in [3.8, 4) is 0 Å². The molecule has 1 unspecified atom stereocenters. The summed E-state index contributed by atoms with van der Waals surface area (Å²) in [5.41, 5.74) is 1.23. The Morgan fingerprint density at radius 3 is 2.42 bits per heavy atom. The third-order valence-electron chi connectivity index (χ3n) is 4.01. The lowest BCUT2D eigenvalue weighted by Crippen LogP contribution is -2.34. The molecule has 1 saturated carbocycles. The Bertz CT molecular complexity index is 368. The van der Waals surface area contributed by atoms with Crippen LogP contribution in [0, 0.1) is 5.92 Å². The molecule has 1 nitrogen and oxygen atoms in total. The SMILES string of the molecule is CCCNC(c1ccccc1)C1CCC(F)(F)CC1. The maximum atomic E-state index is 13.3. The molecule has 1 aliphatic rings. The summed E-state index contributed by atoms with van der Waals surface area (Å²) in [6.45, 7) is 3.07. The van der Waals surface area contributed by atoms with Crippen molar-refractivity contribution >= 4 is 0 Å². The molecule has 3 heteroatoms. The number of hydrogen-bond donors (Lipinski definition) is 1. The minimum Gasteiger partial charge on any atom is -0.310 e. The fourth-order valence-electron chi connectivity index (χ4n) is 2.91. The van der Waals surface area contributed by atoms with Gasteiger partial charge in [0.2, 0.25) is 5.92 Å². The van der Waals surface area contributed by atoms with Gasteiger partial charge in [-0.1, -0.05) is 37.3 Å². The molecule has 1 fully saturated rings. The lowest BCUT2D eigenvalue weighted by atomic mass is 9.79. The predicted molar refractivity (Wildman–Crippen MR) is 74.4 cm³/mol. The Hall–Kier alpha value is -0.960. The lowest BCUT2D eigenvalue weighted by Gasteiger charge is -2.34. The summed E-state index contributed by atoms with van der Waals surface area (Å²) in [5.74, 6) is -2.11. The van der Waals surface area contributed by atoms with Gasteiger partial charge >= 0.3 is 0 Å². The Kier molecular flexibility index (Phi) is 4.92. The highest BCUT2D eigenvalue weighted by atomic mass is 19.3. The Labute approximate surface area is 114 Å². The van der Waals surface area contributed by atoms with Crippen LogP contribution in [0.3, 0.4) is 0 Å². The van der Waals surface area contributed by atoms with Crippen molar-refractivity contribution in [1.82, 2.24) is 5.32 Å². The van der Waals surface area contributed by atoms with Gasteiger partial charge in [0.05, 0.1) is 0 Å². The van der Waals surface area contributed by atoms with E-state index < -0.39 is 5.92 Å². The zero-order valence-electron chi connectivity index (χ0n) is 11.5. The monoisotopic (exact) mass is 267 g/mol. The molecule has 0 aromatic heterocycles. The third kappa shape index (κ3) is 4.00. The van der Waals surface area contributed by atoms with E-state index in [-0.39, 0.29) is 18.9 Å². The molecule has 106 valence electrons. The van der Waals surface area contributed by atoms with Gasteiger partial charge in [0, 0.05) is 18.9 Å². The smallest absolute Gasteiger partial charge is 0.248 e. The lowest BCUT2D eigenvalue weighted by molar-refractivity contribution is -0.0497. The van der Waals surface area contributed by atoms with Gasteiger partial charge in [-0.05, 0) is 37.3 Å². The highest BCUT2D eigenvalue weighted by Crippen LogP contribution is 2.41. The maximum Gasteiger partial charge on any atom is 0.248 e. The van der Waals surface area contributed by atoms with Gasteiger partial charge in [0.15, 0.2) is 0 Å². The minimum absolute atomic E-state index is 0.0365. The largest absolute Gasteiger partial charge is 0.310 e. The highest BCUT2D eigenvalue weighted by Gasteiger charge is 2.37. The number of halogens is 2. The molecule has 1 aromatic rings. The van der Waals surface area contributed by atoms with Crippen molar-refractivity contribution in [2.24, 2.45) is 5.92 Å². The summed E-state index contributed by atoms with van der Waals surface area (Å²) in [6.07, 6.45) is 2.36. The first-order valence-electron chi connectivity index (χ1n) is 7.28. The molecule has 2 rings (SSSR count). The molecule has 1 aromatic carbocycles. The molecule has 0 spiro atoms. The van der Waals surface area contributed by atoms with Crippen LogP contribution in [0.4, 0.5) is 8.78 Å². The molecule has 0 bridgehead atoms. The van der Waals surface area contributed by atoms with Crippen LogP contribution < -0.4 is 5.32 Å². The number of rotatable bonds is 5. The fraction of sp³-hybridized carbons (Fsp3) is 0.625. The number of alkyl halides is 2. The minimum atomic E-state index is -2.44. The van der Waals surface area contributed by atoms with Gasteiger partial charge < -0.3 is 5.32 Å². The summed E-state index contributed by atoms with van der Waals surface area (Å²) in [7, 11) is 0. The van der Waals surface area contributed by atoms with E-state index in [4.69, 9.17) is 0 Å². The molecule has 0 radical (unpaired) electrons. The van der Waals surface area contributed by atoms with Crippen molar-refractivity contribution in [1.29, 1.82) is 0 Å². The Balaban J connectivity index is 2.06. The molecule has 0 aliphatic heterocycles. The second-order valence-electron chi connectivity index (χ2n) is 5.54. The normalized spacial score (nSPS) is 21.2. The molecule has 19 heavy (non-hydrogen) atoms. The van der Waals surface area contributed by atoms with Gasteiger partial charge in [0.25, 0.3) is 0 Å². The van der Waals surface area contributed by atoms with E-state index in [0.717, 1.165) is 13.0 Å². The van der Waals surface area contributed by atoms with Crippen molar-refractivity contribution in [2.75, 3.05) is 6.54 Å². The van der Waals surface area contributed by atoms with Gasteiger partial charge in [-0.15, -0.1) is 0 Å². The standard InChI is InChI=1S/C16H23F2N/c1-2-12-19-15(13-6-4-3-5-7-13)14-8-10-16(17,18)11-9-14/h3-7,14-15,19H,2,8-12H2,1H3. The van der Waals surface area contributed by atoms with Crippen LogP contribution in [-0.2, 0) is 0 Å². The maximum absolute atomic E-state index is 13.3. The number of nitrogens with one attached hydrogen (secondary N) is 1.